The van der Waals surface area contributed by atoms with Crippen LogP contribution in [-0.4, -0.2) is 24.4 Å². The molecule has 3 nitrogen and oxygen atoms in total. The van der Waals surface area contributed by atoms with E-state index in [1.54, 1.807) is 0 Å². The van der Waals surface area contributed by atoms with Crippen molar-refractivity contribution in [3.63, 3.8) is 0 Å². The van der Waals surface area contributed by atoms with Crippen molar-refractivity contribution in [1.82, 2.24) is 0 Å². The summed E-state index contributed by atoms with van der Waals surface area (Å²) in [5.74, 6) is 3.71. The molecule has 0 saturated carbocycles. The summed E-state index contributed by atoms with van der Waals surface area (Å²) in [6, 6.07) is 0. The molecule has 0 fully saturated rings. The molecule has 0 aliphatic carbocycles. The molecule has 0 spiro atoms. The molecular weight excluding hydrogens is 384 g/mol. The SMILES string of the molecule is CCCCCCCCOOCCCC(C)CC(C)CC(C)CC(C)CC(C)CC(C)O. The van der Waals surface area contributed by atoms with Gasteiger partial charge in [0.15, 0.2) is 0 Å². The topological polar surface area (TPSA) is 38.7 Å². The lowest BCUT2D eigenvalue weighted by atomic mass is 9.82. The fraction of sp³-hybridized carbons (Fsp3) is 1.00. The van der Waals surface area contributed by atoms with Crippen LogP contribution in [0.4, 0.5) is 0 Å². The van der Waals surface area contributed by atoms with Gasteiger partial charge in [0, 0.05) is 0 Å². The van der Waals surface area contributed by atoms with Crippen LogP contribution in [0, 0.1) is 29.6 Å². The largest absolute Gasteiger partial charge is 0.393 e. The lowest BCUT2D eigenvalue weighted by molar-refractivity contribution is -0.295. The monoisotopic (exact) mass is 442 g/mol. The maximum absolute atomic E-state index is 9.56. The summed E-state index contributed by atoms with van der Waals surface area (Å²) < 4.78 is 0. The molecule has 3 heteroatoms. The highest BCUT2D eigenvalue weighted by atomic mass is 17.2. The third-order valence-electron chi connectivity index (χ3n) is 6.55. The summed E-state index contributed by atoms with van der Waals surface area (Å²) in [6.07, 6.45) is 16.0. The highest BCUT2D eigenvalue weighted by Gasteiger charge is 2.17. The van der Waals surface area contributed by atoms with Gasteiger partial charge in [-0.05, 0) is 87.9 Å². The third-order valence-corrected chi connectivity index (χ3v) is 6.55. The van der Waals surface area contributed by atoms with E-state index >= 15 is 0 Å². The highest BCUT2D eigenvalue weighted by Crippen LogP contribution is 2.28. The number of hydrogen-bond acceptors (Lipinski definition) is 3. The molecule has 0 aromatic heterocycles. The van der Waals surface area contributed by atoms with Crippen molar-refractivity contribution in [2.24, 2.45) is 29.6 Å². The standard InChI is InChI=1S/C28H58O3/c1-8-9-10-11-12-13-16-30-31-17-14-15-23(2)18-24(3)19-25(4)20-26(5)21-27(6)22-28(7)29/h23-29H,8-22H2,1-7H3. The van der Waals surface area contributed by atoms with Crippen molar-refractivity contribution in [2.45, 2.75) is 138 Å². The second kappa shape index (κ2) is 20.5. The van der Waals surface area contributed by atoms with Crippen LogP contribution in [0.15, 0.2) is 0 Å². The van der Waals surface area contributed by atoms with Crippen LogP contribution in [0.5, 0.6) is 0 Å². The Kier molecular flexibility index (Phi) is 20.4. The first-order valence-corrected chi connectivity index (χ1v) is 13.7. The van der Waals surface area contributed by atoms with Gasteiger partial charge in [-0.15, -0.1) is 0 Å². The molecule has 0 aromatic carbocycles. The van der Waals surface area contributed by atoms with E-state index in [2.05, 4.69) is 41.5 Å². The predicted molar refractivity (Wildman–Crippen MR) is 135 cm³/mol. The zero-order valence-electron chi connectivity index (χ0n) is 22.3. The summed E-state index contributed by atoms with van der Waals surface area (Å²) in [6.45, 7) is 17.5. The van der Waals surface area contributed by atoms with Crippen LogP contribution in [0.2, 0.25) is 0 Å². The number of unbranched alkanes of at least 4 members (excludes halogenated alkanes) is 5. The van der Waals surface area contributed by atoms with Gasteiger partial charge in [0.2, 0.25) is 0 Å². The van der Waals surface area contributed by atoms with E-state index < -0.39 is 0 Å². The number of hydrogen-bond donors (Lipinski definition) is 1. The van der Waals surface area contributed by atoms with Gasteiger partial charge in [-0.1, -0.05) is 73.6 Å². The highest BCUT2D eigenvalue weighted by molar-refractivity contribution is 4.68. The van der Waals surface area contributed by atoms with Gasteiger partial charge >= 0.3 is 0 Å². The van der Waals surface area contributed by atoms with Gasteiger partial charge in [0.25, 0.3) is 0 Å². The minimum absolute atomic E-state index is 0.168. The maximum atomic E-state index is 9.56. The van der Waals surface area contributed by atoms with Crippen molar-refractivity contribution in [1.29, 1.82) is 0 Å². The van der Waals surface area contributed by atoms with E-state index in [1.807, 2.05) is 6.92 Å². The van der Waals surface area contributed by atoms with E-state index in [-0.39, 0.29) is 6.10 Å². The van der Waals surface area contributed by atoms with Crippen LogP contribution in [0.1, 0.15) is 132 Å². The Morgan fingerprint density at radius 1 is 0.516 bits per heavy atom. The van der Waals surface area contributed by atoms with Gasteiger partial charge in [-0.25, -0.2) is 9.78 Å². The fourth-order valence-corrected chi connectivity index (χ4v) is 5.38. The summed E-state index contributed by atoms with van der Waals surface area (Å²) in [7, 11) is 0. The normalized spacial score (nSPS) is 17.8. The molecule has 31 heavy (non-hydrogen) atoms. The average Bonchev–Trinajstić information content (AvgIpc) is 2.64. The summed E-state index contributed by atoms with van der Waals surface area (Å²) >= 11 is 0. The second-order valence-electron chi connectivity index (χ2n) is 11.1. The molecular formula is C28H58O3. The molecule has 0 aliphatic rings. The van der Waals surface area contributed by atoms with Crippen LogP contribution < -0.4 is 0 Å². The molecule has 6 unspecified atom stereocenters. The van der Waals surface area contributed by atoms with Crippen LogP contribution in [0.3, 0.4) is 0 Å². The number of aliphatic hydroxyl groups excluding tert-OH is 1. The fourth-order valence-electron chi connectivity index (χ4n) is 5.38. The lowest BCUT2D eigenvalue weighted by Gasteiger charge is -2.24. The van der Waals surface area contributed by atoms with Crippen molar-refractivity contribution in [3.05, 3.63) is 0 Å². The molecule has 0 aliphatic heterocycles. The predicted octanol–water partition coefficient (Wildman–Crippen LogP) is 8.59. The molecule has 0 aromatic rings. The zero-order valence-corrected chi connectivity index (χ0v) is 22.3. The van der Waals surface area contributed by atoms with E-state index in [0.29, 0.717) is 5.92 Å². The van der Waals surface area contributed by atoms with E-state index in [9.17, 15) is 5.11 Å². The Labute approximate surface area is 196 Å². The minimum Gasteiger partial charge on any atom is -0.393 e. The Morgan fingerprint density at radius 3 is 1.45 bits per heavy atom. The van der Waals surface area contributed by atoms with Crippen LogP contribution >= 0.6 is 0 Å². The van der Waals surface area contributed by atoms with Crippen molar-refractivity contribution >= 4 is 0 Å². The Bertz CT molecular complexity index is 371. The molecule has 0 saturated heterocycles. The van der Waals surface area contributed by atoms with Crippen molar-refractivity contribution < 1.29 is 14.9 Å². The first-order valence-electron chi connectivity index (χ1n) is 13.7. The first kappa shape index (κ1) is 30.9. The number of rotatable bonds is 22. The molecule has 0 heterocycles. The Hall–Kier alpha value is -0.120. The second-order valence-corrected chi connectivity index (χ2v) is 11.1. The van der Waals surface area contributed by atoms with Crippen molar-refractivity contribution in [2.75, 3.05) is 13.2 Å². The summed E-state index contributed by atoms with van der Waals surface area (Å²) in [4.78, 5) is 10.7. The van der Waals surface area contributed by atoms with Gasteiger partial charge in [-0.2, -0.15) is 0 Å². The molecule has 188 valence electrons. The maximum Gasteiger partial charge on any atom is 0.0822 e. The Morgan fingerprint density at radius 2 is 0.935 bits per heavy atom. The van der Waals surface area contributed by atoms with Crippen LogP contribution in [0.25, 0.3) is 0 Å². The first-order chi connectivity index (χ1) is 14.7. The minimum atomic E-state index is -0.168. The van der Waals surface area contributed by atoms with Crippen molar-refractivity contribution in [3.8, 4) is 0 Å². The van der Waals surface area contributed by atoms with Gasteiger partial charge < -0.3 is 5.11 Å². The molecule has 1 N–H and O–H groups in total. The number of aliphatic hydroxyl groups is 1. The zero-order chi connectivity index (χ0) is 23.5. The van der Waals surface area contributed by atoms with E-state index in [4.69, 9.17) is 9.78 Å². The van der Waals surface area contributed by atoms with Crippen LogP contribution in [-0.2, 0) is 9.78 Å². The molecule has 6 atom stereocenters. The average molecular weight is 443 g/mol. The van der Waals surface area contributed by atoms with E-state index in [0.717, 1.165) is 56.1 Å². The van der Waals surface area contributed by atoms with E-state index in [1.165, 1.54) is 64.2 Å². The van der Waals surface area contributed by atoms with Gasteiger partial charge in [0.1, 0.15) is 0 Å². The van der Waals surface area contributed by atoms with Gasteiger partial charge in [-0.3, -0.25) is 0 Å². The molecule has 0 radical (unpaired) electrons. The Balaban J connectivity index is 3.68. The van der Waals surface area contributed by atoms with Gasteiger partial charge in [0.05, 0.1) is 19.3 Å². The third kappa shape index (κ3) is 21.5. The quantitative estimate of drug-likeness (QED) is 0.104. The summed E-state index contributed by atoms with van der Waals surface area (Å²) in [5.41, 5.74) is 0. The smallest absolute Gasteiger partial charge is 0.0822 e. The molecule has 0 amide bonds. The molecule has 0 rings (SSSR count). The molecule has 0 bridgehead atoms. The lowest BCUT2D eigenvalue weighted by Crippen LogP contribution is -2.14. The summed E-state index contributed by atoms with van der Waals surface area (Å²) in [5, 5.41) is 9.56.